The first-order valence-electron chi connectivity index (χ1n) is 4.29. The van der Waals surface area contributed by atoms with Crippen LogP contribution in [0.15, 0.2) is 0 Å². The van der Waals surface area contributed by atoms with Crippen molar-refractivity contribution in [3.05, 3.63) is 0 Å². The first-order valence-corrected chi connectivity index (χ1v) is 5.23. The van der Waals surface area contributed by atoms with Crippen molar-refractivity contribution in [1.82, 2.24) is 0 Å². The maximum Gasteiger partial charge on any atom is 0.0659 e. The molecule has 2 heterocycles. The number of thioether (sulfide) groups is 1. The molecule has 0 saturated carbocycles. The molecular formula is C8H14O2S. The number of hydrogen-bond acceptors (Lipinski definition) is 3. The van der Waals surface area contributed by atoms with E-state index in [1.807, 2.05) is 0 Å². The van der Waals surface area contributed by atoms with Gasteiger partial charge in [-0.3, -0.25) is 0 Å². The summed E-state index contributed by atoms with van der Waals surface area (Å²) in [7, 11) is 0. The minimum atomic E-state index is -0.108. The van der Waals surface area contributed by atoms with Gasteiger partial charge in [0.15, 0.2) is 0 Å². The smallest absolute Gasteiger partial charge is 0.0659 e. The van der Waals surface area contributed by atoms with Crippen LogP contribution in [0.5, 0.6) is 0 Å². The van der Waals surface area contributed by atoms with E-state index in [1.165, 1.54) is 0 Å². The molecule has 0 unspecified atom stereocenters. The lowest BCUT2D eigenvalue weighted by molar-refractivity contribution is 0.0913. The maximum absolute atomic E-state index is 9.50. The Bertz CT molecular complexity index is 135. The third-order valence-corrected chi connectivity index (χ3v) is 4.50. The number of aliphatic hydroxyl groups excluding tert-OH is 2. The minimum Gasteiger partial charge on any atom is -0.392 e. The molecule has 0 aromatic carbocycles. The Morgan fingerprint density at radius 1 is 0.818 bits per heavy atom. The van der Waals surface area contributed by atoms with Gasteiger partial charge in [0, 0.05) is 10.5 Å². The van der Waals surface area contributed by atoms with E-state index in [-0.39, 0.29) is 12.2 Å². The number of rotatable bonds is 0. The lowest BCUT2D eigenvalue weighted by Gasteiger charge is -2.40. The molecule has 2 aliphatic heterocycles. The highest BCUT2D eigenvalue weighted by molar-refractivity contribution is 8.00. The second-order valence-electron chi connectivity index (χ2n) is 3.50. The molecule has 0 aliphatic carbocycles. The van der Waals surface area contributed by atoms with Gasteiger partial charge in [-0.2, -0.15) is 0 Å². The predicted molar refractivity (Wildman–Crippen MR) is 45.6 cm³/mol. The van der Waals surface area contributed by atoms with Gasteiger partial charge in [0.25, 0.3) is 0 Å². The quantitative estimate of drug-likeness (QED) is 0.570. The van der Waals surface area contributed by atoms with Crippen molar-refractivity contribution in [2.75, 3.05) is 0 Å². The highest BCUT2D eigenvalue weighted by Crippen LogP contribution is 2.41. The zero-order valence-electron chi connectivity index (χ0n) is 6.44. The summed E-state index contributed by atoms with van der Waals surface area (Å²) >= 11 is 1.79. The Morgan fingerprint density at radius 2 is 1.27 bits per heavy atom. The van der Waals surface area contributed by atoms with Crippen molar-refractivity contribution in [1.29, 1.82) is 0 Å². The van der Waals surface area contributed by atoms with Gasteiger partial charge in [0.1, 0.15) is 0 Å². The number of fused-ring (bicyclic) bond motifs is 2. The van der Waals surface area contributed by atoms with Gasteiger partial charge in [-0.05, 0) is 25.7 Å². The summed E-state index contributed by atoms with van der Waals surface area (Å²) in [5.41, 5.74) is 0. The lowest BCUT2D eigenvalue weighted by Crippen LogP contribution is -2.41. The molecule has 0 spiro atoms. The molecule has 0 aromatic heterocycles. The Labute approximate surface area is 71.0 Å². The third kappa shape index (κ3) is 1.42. The van der Waals surface area contributed by atoms with Crippen molar-refractivity contribution in [3.63, 3.8) is 0 Å². The van der Waals surface area contributed by atoms with E-state index in [1.54, 1.807) is 11.8 Å². The number of hydrogen-bond donors (Lipinski definition) is 2. The summed E-state index contributed by atoms with van der Waals surface area (Å²) in [4.78, 5) is 0. The Balaban J connectivity index is 2.02. The van der Waals surface area contributed by atoms with Crippen LogP contribution in [0.2, 0.25) is 0 Å². The van der Waals surface area contributed by atoms with Crippen molar-refractivity contribution < 1.29 is 10.2 Å². The van der Waals surface area contributed by atoms with Gasteiger partial charge in [-0.1, -0.05) is 0 Å². The summed E-state index contributed by atoms with van der Waals surface area (Å²) in [6, 6.07) is 0. The summed E-state index contributed by atoms with van der Waals surface area (Å²) in [5.74, 6) is 0. The van der Waals surface area contributed by atoms with E-state index in [9.17, 15) is 10.2 Å². The van der Waals surface area contributed by atoms with Crippen LogP contribution in [-0.2, 0) is 0 Å². The van der Waals surface area contributed by atoms with Crippen LogP contribution < -0.4 is 0 Å². The average molecular weight is 174 g/mol. The Morgan fingerprint density at radius 3 is 1.73 bits per heavy atom. The van der Waals surface area contributed by atoms with Gasteiger partial charge in [-0.25, -0.2) is 0 Å². The fraction of sp³-hybridized carbons (Fsp3) is 1.00. The van der Waals surface area contributed by atoms with Crippen molar-refractivity contribution >= 4 is 11.8 Å². The average Bonchev–Trinajstić information content (AvgIpc) is 2.02. The molecule has 11 heavy (non-hydrogen) atoms. The fourth-order valence-corrected chi connectivity index (χ4v) is 3.60. The summed E-state index contributed by atoms with van der Waals surface area (Å²) < 4.78 is 0. The van der Waals surface area contributed by atoms with Crippen LogP contribution >= 0.6 is 11.8 Å². The fourth-order valence-electron chi connectivity index (χ4n) is 1.97. The lowest BCUT2D eigenvalue weighted by atomic mass is 9.95. The van der Waals surface area contributed by atoms with E-state index in [4.69, 9.17) is 0 Å². The van der Waals surface area contributed by atoms with Crippen LogP contribution in [0.3, 0.4) is 0 Å². The molecule has 2 nitrogen and oxygen atoms in total. The first kappa shape index (κ1) is 7.90. The zero-order chi connectivity index (χ0) is 7.84. The molecular weight excluding hydrogens is 160 g/mol. The molecule has 0 radical (unpaired) electrons. The van der Waals surface area contributed by atoms with Crippen LogP contribution in [0, 0.1) is 0 Å². The van der Waals surface area contributed by atoms with Crippen molar-refractivity contribution in [2.24, 2.45) is 0 Å². The molecule has 2 saturated heterocycles. The normalized spacial score (nSPS) is 50.7. The van der Waals surface area contributed by atoms with Crippen LogP contribution in [0.25, 0.3) is 0 Å². The third-order valence-electron chi connectivity index (χ3n) is 2.70. The van der Waals surface area contributed by atoms with E-state index in [0.717, 1.165) is 25.7 Å². The molecule has 2 fully saturated rings. The maximum atomic E-state index is 9.50. The van der Waals surface area contributed by atoms with E-state index < -0.39 is 0 Å². The first-order chi connectivity index (χ1) is 5.27. The Kier molecular flexibility index (Phi) is 2.12. The van der Waals surface area contributed by atoms with Crippen molar-refractivity contribution in [3.8, 4) is 0 Å². The van der Waals surface area contributed by atoms with Gasteiger partial charge in [0.05, 0.1) is 12.2 Å². The monoisotopic (exact) mass is 174 g/mol. The Hall–Kier alpha value is 0.270. The molecule has 64 valence electrons. The zero-order valence-corrected chi connectivity index (χ0v) is 7.26. The molecule has 4 atom stereocenters. The molecule has 2 N–H and O–H groups in total. The molecule has 0 amide bonds. The summed E-state index contributed by atoms with van der Waals surface area (Å²) in [6.07, 6.45) is 3.54. The van der Waals surface area contributed by atoms with Gasteiger partial charge in [-0.15, -0.1) is 11.8 Å². The molecule has 0 aromatic rings. The second kappa shape index (κ2) is 2.96. The SMILES string of the molecule is O[C@H]1CC[C@@H]2S[C@H]1CC[C@@H]2O. The van der Waals surface area contributed by atoms with Gasteiger partial charge < -0.3 is 10.2 Å². The van der Waals surface area contributed by atoms with Crippen LogP contribution in [-0.4, -0.2) is 32.9 Å². The summed E-state index contributed by atoms with van der Waals surface area (Å²) in [5, 5.41) is 19.8. The minimum absolute atomic E-state index is 0.108. The molecule has 3 heteroatoms. The predicted octanol–water partition coefficient (Wildman–Crippen LogP) is 0.766. The van der Waals surface area contributed by atoms with Crippen LogP contribution in [0.1, 0.15) is 25.7 Å². The highest BCUT2D eigenvalue weighted by Gasteiger charge is 2.37. The topological polar surface area (TPSA) is 40.5 Å². The standard InChI is InChI=1S/C8H14O2S/c9-5-1-3-7-6(10)2-4-8(5)11-7/h5-10H,1-4H2/t5-,6-,7-,8-/m0/s1. The summed E-state index contributed by atoms with van der Waals surface area (Å²) in [6.45, 7) is 0. The van der Waals surface area contributed by atoms with Gasteiger partial charge >= 0.3 is 0 Å². The van der Waals surface area contributed by atoms with Crippen molar-refractivity contribution in [2.45, 2.75) is 48.4 Å². The van der Waals surface area contributed by atoms with Crippen LogP contribution in [0.4, 0.5) is 0 Å². The van der Waals surface area contributed by atoms with E-state index >= 15 is 0 Å². The molecule has 2 aliphatic rings. The molecule has 2 bridgehead atoms. The highest BCUT2D eigenvalue weighted by atomic mass is 32.2. The molecule has 2 rings (SSSR count). The van der Waals surface area contributed by atoms with Gasteiger partial charge in [0.2, 0.25) is 0 Å². The van der Waals surface area contributed by atoms with E-state index in [2.05, 4.69) is 0 Å². The largest absolute Gasteiger partial charge is 0.392 e. The van der Waals surface area contributed by atoms with E-state index in [0.29, 0.717) is 10.5 Å². The second-order valence-corrected chi connectivity index (χ2v) is 4.99. The number of aliphatic hydroxyl groups is 2.